The van der Waals surface area contributed by atoms with Gasteiger partial charge in [0.25, 0.3) is 5.22 Å². The van der Waals surface area contributed by atoms with Gasteiger partial charge >= 0.3 is 0 Å². The largest absolute Gasteiger partial charge is 0.411 e. The molecule has 0 saturated carbocycles. The molecular weight excluding hydrogens is 286 g/mol. The third kappa shape index (κ3) is 4.90. The molecule has 2 rings (SSSR count). The van der Waals surface area contributed by atoms with Gasteiger partial charge in [-0.15, -0.1) is 10.2 Å². The topological polar surface area (TPSA) is 68.0 Å². The van der Waals surface area contributed by atoms with E-state index in [-0.39, 0.29) is 17.7 Å². The van der Waals surface area contributed by atoms with Crippen molar-refractivity contribution in [2.75, 3.05) is 5.75 Å². The maximum absolute atomic E-state index is 11.8. The van der Waals surface area contributed by atoms with Crippen molar-refractivity contribution < 1.29 is 9.21 Å². The van der Waals surface area contributed by atoms with Crippen LogP contribution < -0.4 is 5.32 Å². The summed E-state index contributed by atoms with van der Waals surface area (Å²) in [5.74, 6) is 0.739. The molecule has 1 aromatic heterocycles. The quantitative estimate of drug-likeness (QED) is 0.796. The molecule has 1 heterocycles. The summed E-state index contributed by atoms with van der Waals surface area (Å²) in [4.78, 5) is 11.8. The van der Waals surface area contributed by atoms with Crippen molar-refractivity contribution in [1.82, 2.24) is 15.5 Å². The Morgan fingerprint density at radius 3 is 2.81 bits per heavy atom. The van der Waals surface area contributed by atoms with Gasteiger partial charge in [0.05, 0.1) is 5.75 Å². The molecule has 1 aromatic carbocycles. The second-order valence-corrected chi connectivity index (χ2v) is 5.71. The monoisotopic (exact) mass is 305 g/mol. The number of nitrogens with zero attached hydrogens (tertiary/aromatic N) is 2. The first-order valence-electron chi connectivity index (χ1n) is 7.00. The van der Waals surface area contributed by atoms with Gasteiger partial charge in [0.1, 0.15) is 0 Å². The van der Waals surface area contributed by atoms with Gasteiger partial charge in [-0.25, -0.2) is 0 Å². The SMILES string of the molecule is CCCC(C)NC(=O)CSc1nnc(-c2ccccc2)o1. The molecule has 6 heteroatoms. The highest BCUT2D eigenvalue weighted by Gasteiger charge is 2.12. The van der Waals surface area contributed by atoms with E-state index < -0.39 is 0 Å². The van der Waals surface area contributed by atoms with Crippen LogP contribution in [-0.2, 0) is 4.79 Å². The normalized spacial score (nSPS) is 12.1. The van der Waals surface area contributed by atoms with Crippen LogP contribution in [0.2, 0.25) is 0 Å². The highest BCUT2D eigenvalue weighted by Crippen LogP contribution is 2.22. The number of amides is 1. The molecule has 1 unspecified atom stereocenters. The summed E-state index contributed by atoms with van der Waals surface area (Å²) in [6, 6.07) is 9.76. The number of carbonyl (C=O) groups is 1. The molecule has 0 aliphatic rings. The van der Waals surface area contributed by atoms with Crippen LogP contribution in [0.15, 0.2) is 40.0 Å². The minimum absolute atomic E-state index is 0.0135. The second kappa shape index (κ2) is 7.83. The van der Waals surface area contributed by atoms with Gasteiger partial charge in [-0.1, -0.05) is 43.3 Å². The first-order chi connectivity index (χ1) is 10.2. The van der Waals surface area contributed by atoms with Gasteiger partial charge in [0, 0.05) is 11.6 Å². The van der Waals surface area contributed by atoms with E-state index in [1.54, 1.807) is 0 Å². The maximum atomic E-state index is 11.8. The highest BCUT2D eigenvalue weighted by molar-refractivity contribution is 7.99. The van der Waals surface area contributed by atoms with Crippen LogP contribution in [0.3, 0.4) is 0 Å². The Hall–Kier alpha value is -1.82. The molecule has 1 amide bonds. The number of nitrogens with one attached hydrogen (secondary N) is 1. The highest BCUT2D eigenvalue weighted by atomic mass is 32.2. The molecule has 21 heavy (non-hydrogen) atoms. The van der Waals surface area contributed by atoms with Crippen LogP contribution in [0.5, 0.6) is 0 Å². The molecule has 0 bridgehead atoms. The van der Waals surface area contributed by atoms with Gasteiger partial charge < -0.3 is 9.73 Å². The van der Waals surface area contributed by atoms with E-state index in [2.05, 4.69) is 22.4 Å². The van der Waals surface area contributed by atoms with E-state index in [4.69, 9.17) is 4.42 Å². The number of rotatable bonds is 7. The third-order valence-corrected chi connectivity index (χ3v) is 3.70. The molecule has 112 valence electrons. The number of benzene rings is 1. The van der Waals surface area contributed by atoms with Gasteiger partial charge in [0.2, 0.25) is 11.8 Å². The molecule has 2 aromatic rings. The van der Waals surface area contributed by atoms with Crippen molar-refractivity contribution in [1.29, 1.82) is 0 Å². The van der Waals surface area contributed by atoms with E-state index in [0.717, 1.165) is 18.4 Å². The molecular formula is C15H19N3O2S. The molecule has 1 N–H and O–H groups in total. The van der Waals surface area contributed by atoms with Crippen LogP contribution in [0.25, 0.3) is 11.5 Å². The fourth-order valence-electron chi connectivity index (χ4n) is 1.91. The minimum Gasteiger partial charge on any atom is -0.411 e. The average Bonchev–Trinajstić information content (AvgIpc) is 2.95. The summed E-state index contributed by atoms with van der Waals surface area (Å²) < 4.78 is 5.53. The van der Waals surface area contributed by atoms with Crippen LogP contribution in [0.4, 0.5) is 0 Å². The van der Waals surface area contributed by atoms with Crippen LogP contribution >= 0.6 is 11.8 Å². The Morgan fingerprint density at radius 1 is 1.33 bits per heavy atom. The lowest BCUT2D eigenvalue weighted by Gasteiger charge is -2.11. The average molecular weight is 305 g/mol. The summed E-state index contributed by atoms with van der Waals surface area (Å²) in [6.07, 6.45) is 2.04. The summed E-state index contributed by atoms with van der Waals surface area (Å²) in [7, 11) is 0. The predicted octanol–water partition coefficient (Wildman–Crippen LogP) is 3.13. The van der Waals surface area contributed by atoms with E-state index in [1.165, 1.54) is 11.8 Å². The van der Waals surface area contributed by atoms with Gasteiger partial charge in [-0.2, -0.15) is 0 Å². The fourth-order valence-corrected chi connectivity index (χ4v) is 2.49. The summed E-state index contributed by atoms with van der Waals surface area (Å²) in [5.41, 5.74) is 0.873. The van der Waals surface area contributed by atoms with Crippen molar-refractivity contribution >= 4 is 17.7 Å². The molecule has 0 saturated heterocycles. The lowest BCUT2D eigenvalue weighted by atomic mass is 10.2. The lowest BCUT2D eigenvalue weighted by molar-refractivity contribution is -0.119. The predicted molar refractivity (Wildman–Crippen MR) is 83.0 cm³/mol. The molecule has 0 spiro atoms. The summed E-state index contributed by atoms with van der Waals surface area (Å²) >= 11 is 1.25. The lowest BCUT2D eigenvalue weighted by Crippen LogP contribution is -2.33. The molecule has 5 nitrogen and oxygen atoms in total. The van der Waals surface area contributed by atoms with E-state index >= 15 is 0 Å². The van der Waals surface area contributed by atoms with Crippen molar-refractivity contribution in [2.45, 2.75) is 38.0 Å². The molecule has 0 fully saturated rings. The zero-order valence-corrected chi connectivity index (χ0v) is 13.0. The van der Waals surface area contributed by atoms with Gasteiger partial charge in [0.15, 0.2) is 0 Å². The van der Waals surface area contributed by atoms with Crippen molar-refractivity contribution in [2.24, 2.45) is 0 Å². The summed E-state index contributed by atoms with van der Waals surface area (Å²) in [6.45, 7) is 4.10. The van der Waals surface area contributed by atoms with Crippen molar-refractivity contribution in [3.63, 3.8) is 0 Å². The Labute approximate surface area is 128 Å². The molecule has 1 atom stereocenters. The first kappa shape index (κ1) is 15.6. The van der Waals surface area contributed by atoms with Crippen LogP contribution in [0.1, 0.15) is 26.7 Å². The maximum Gasteiger partial charge on any atom is 0.277 e. The van der Waals surface area contributed by atoms with E-state index in [1.807, 2.05) is 37.3 Å². The molecule has 0 aliphatic carbocycles. The zero-order chi connectivity index (χ0) is 15.1. The van der Waals surface area contributed by atoms with Crippen molar-refractivity contribution in [3.8, 4) is 11.5 Å². The Kier molecular flexibility index (Phi) is 5.80. The van der Waals surface area contributed by atoms with E-state index in [0.29, 0.717) is 11.1 Å². The Morgan fingerprint density at radius 2 is 2.10 bits per heavy atom. The standard InChI is InChI=1S/C15H19N3O2S/c1-3-7-11(2)16-13(19)10-21-15-18-17-14(20-15)12-8-5-4-6-9-12/h4-6,8-9,11H,3,7,10H2,1-2H3,(H,16,19). The first-order valence-corrected chi connectivity index (χ1v) is 7.98. The second-order valence-electron chi connectivity index (χ2n) is 4.79. The molecule has 0 radical (unpaired) electrons. The minimum atomic E-state index is -0.0135. The molecule has 0 aliphatic heterocycles. The number of carbonyl (C=O) groups excluding carboxylic acids is 1. The van der Waals surface area contributed by atoms with Crippen LogP contribution in [-0.4, -0.2) is 27.9 Å². The Balaban J connectivity index is 1.84. The van der Waals surface area contributed by atoms with E-state index in [9.17, 15) is 4.79 Å². The fraction of sp³-hybridized carbons (Fsp3) is 0.400. The number of aromatic nitrogens is 2. The summed E-state index contributed by atoms with van der Waals surface area (Å²) in [5, 5.41) is 11.3. The van der Waals surface area contributed by atoms with Crippen molar-refractivity contribution in [3.05, 3.63) is 30.3 Å². The number of hydrogen-bond donors (Lipinski definition) is 1. The third-order valence-electron chi connectivity index (χ3n) is 2.88. The van der Waals surface area contributed by atoms with Gasteiger partial charge in [-0.05, 0) is 25.5 Å². The Bertz CT molecular complexity index is 571. The number of thioether (sulfide) groups is 1. The number of hydrogen-bond acceptors (Lipinski definition) is 5. The smallest absolute Gasteiger partial charge is 0.277 e. The van der Waals surface area contributed by atoms with Crippen LogP contribution in [0, 0.1) is 0 Å². The van der Waals surface area contributed by atoms with Gasteiger partial charge in [-0.3, -0.25) is 4.79 Å². The zero-order valence-electron chi connectivity index (χ0n) is 12.2.